The molecule has 0 spiro atoms. The molecular weight excluding hydrogens is 1590 g/mol. The Morgan fingerprint density at radius 1 is 0.270 bits per heavy atom. The molecule has 0 bridgehead atoms. The van der Waals surface area contributed by atoms with Gasteiger partial charge in [0.15, 0.2) is 20.1 Å². The summed E-state index contributed by atoms with van der Waals surface area (Å²) < 4.78 is 27.2. The Morgan fingerprint density at radius 3 is 0.667 bits per heavy atom. The van der Waals surface area contributed by atoms with E-state index in [0.717, 1.165) is 22.2 Å². The van der Waals surface area contributed by atoms with Crippen LogP contribution in [0.1, 0.15) is 540 Å². The standard InChI is InChI=1S/C22H39B.C20H35B.C20H40Si.C18H36Si.C16H27B.C13H28Si.C8H18F2Si/c1-19(2,3)16-14-13-15-17(20(4,5)6)18(16)23(21(7,8)9)22(10,11)12;1-14(2)16-12-11-13-17(15(3)4)18(16)21(19(5,6)7)20(8,9)10;1-19(2,3)21(20(4,5)6,17-13-9-7-10-14-17)18-15-11-8-12-16-18;1-17(2,3)19(18(4,5)6,15-11-7-8-12-15)16-13-9-10-14-16;1-12-10-9-11-13(2)14(12)17(15(3,4)5)16(6,7)8;1-12(2,3)14(13(4,5)6)10-8-7-9-11-14;1-7(2,3)11(9,10)8(4,5)6/h13-15H,1-12H3;11-15H,1-10H3;17-18H,7-16H2,1-6H3;15-16H,7-14H2,1-6H3;9-11H,1-8H3;7-11H2,1-6H3;1-6H3. The highest BCUT2D eigenvalue weighted by Crippen LogP contribution is 2.70. The lowest BCUT2D eigenvalue weighted by Crippen LogP contribution is -2.59. The Labute approximate surface area is 797 Å². The van der Waals surface area contributed by atoms with Crippen molar-refractivity contribution in [2.45, 2.75) is 638 Å². The van der Waals surface area contributed by atoms with Gasteiger partial charge in [0, 0.05) is 10.1 Å². The maximum absolute atomic E-state index is 13.6. The van der Waals surface area contributed by atoms with Crippen molar-refractivity contribution < 1.29 is 8.22 Å². The summed E-state index contributed by atoms with van der Waals surface area (Å²) in [6.45, 7) is 128. The third-order valence-corrected chi connectivity index (χ3v) is 62.0. The van der Waals surface area contributed by atoms with Crippen LogP contribution in [0.4, 0.5) is 8.22 Å². The Bertz CT molecular complexity index is 3470. The van der Waals surface area contributed by atoms with Crippen LogP contribution < -0.4 is 16.4 Å². The molecule has 5 fully saturated rings. The van der Waals surface area contributed by atoms with Crippen LogP contribution in [0.25, 0.3) is 0 Å². The molecule has 1 heterocycles. The first-order chi connectivity index (χ1) is 56.0. The number of rotatable bonds is 9. The molecule has 4 saturated carbocycles. The smallest absolute Gasteiger partial charge is 0.269 e. The number of hydrogen-bond donors (Lipinski definition) is 0. The van der Waals surface area contributed by atoms with Gasteiger partial charge in [-0.1, -0.05) is 632 Å². The number of benzene rings is 3. The van der Waals surface area contributed by atoms with Crippen LogP contribution in [0.3, 0.4) is 0 Å². The molecule has 1 aliphatic heterocycles. The summed E-state index contributed by atoms with van der Waals surface area (Å²) in [6, 6.07) is 23.7. The lowest BCUT2D eigenvalue weighted by molar-refractivity contribution is 0.405. The van der Waals surface area contributed by atoms with Gasteiger partial charge in [-0.25, -0.2) is 0 Å². The lowest BCUT2D eigenvalue weighted by Gasteiger charge is -2.62. The fourth-order valence-electron chi connectivity index (χ4n) is 30.5. The lowest BCUT2D eigenvalue weighted by atomic mass is 9.20. The second-order valence-corrected chi connectivity index (χ2v) is 82.9. The van der Waals surface area contributed by atoms with Crippen LogP contribution in [-0.4, -0.2) is 53.1 Å². The van der Waals surface area contributed by atoms with Gasteiger partial charge in [-0.15, -0.1) is 0 Å². The average Bonchev–Trinajstić information content (AvgIpc) is 1.59. The predicted octanol–water partition coefficient (Wildman–Crippen LogP) is 41.2. The van der Waals surface area contributed by atoms with E-state index in [0.29, 0.717) is 62.2 Å². The summed E-state index contributed by atoms with van der Waals surface area (Å²) in [7, 11) is -7.92. The van der Waals surface area contributed by atoms with Crippen molar-refractivity contribution in [3.63, 3.8) is 0 Å². The van der Waals surface area contributed by atoms with Crippen LogP contribution in [0.5, 0.6) is 0 Å². The van der Waals surface area contributed by atoms with Gasteiger partial charge in [-0.05, 0) is 100 Å². The van der Waals surface area contributed by atoms with Crippen molar-refractivity contribution in [2.75, 3.05) is 0 Å². The minimum Gasteiger partial charge on any atom is -0.269 e. The second kappa shape index (κ2) is 44.4. The van der Waals surface area contributed by atoms with E-state index in [9.17, 15) is 8.22 Å². The average molecular weight is 1810 g/mol. The highest BCUT2D eigenvalue weighted by atomic mass is 28.4. The predicted molar refractivity (Wildman–Crippen MR) is 593 cm³/mol. The summed E-state index contributed by atoms with van der Waals surface area (Å²) in [4.78, 5) is 0. The van der Waals surface area contributed by atoms with Crippen molar-refractivity contribution in [2.24, 2.45) is 0 Å². The number of aryl methyl sites for hydroxylation is 2. The summed E-state index contributed by atoms with van der Waals surface area (Å²) in [5.74, 6) is 1.15. The van der Waals surface area contributed by atoms with Crippen molar-refractivity contribution in [3.8, 4) is 0 Å². The van der Waals surface area contributed by atoms with Gasteiger partial charge in [-0.3, -0.25) is 8.22 Å². The van der Waals surface area contributed by atoms with E-state index < -0.39 is 43.0 Å². The normalized spacial score (nSPS) is 18.1. The summed E-state index contributed by atoms with van der Waals surface area (Å²) in [5, 5.41) is 3.31. The molecule has 0 atom stereocenters. The first kappa shape index (κ1) is 121. The van der Waals surface area contributed by atoms with Gasteiger partial charge in [0.25, 0.3) is 0 Å². The van der Waals surface area contributed by atoms with Crippen LogP contribution in [0.15, 0.2) is 54.6 Å². The van der Waals surface area contributed by atoms with Crippen molar-refractivity contribution in [3.05, 3.63) is 88.0 Å². The molecular formula is C117H223B3F2Si4. The van der Waals surface area contributed by atoms with E-state index in [2.05, 4.69) is 387 Å². The molecule has 0 amide bonds. The van der Waals surface area contributed by atoms with E-state index >= 15 is 0 Å². The van der Waals surface area contributed by atoms with Crippen LogP contribution in [0.2, 0.25) is 106 Å². The quantitative estimate of drug-likeness (QED) is 0.148. The highest BCUT2D eigenvalue weighted by molar-refractivity contribution is 6.89. The molecule has 0 unspecified atom stereocenters. The zero-order chi connectivity index (χ0) is 99.0. The molecule has 8 rings (SSSR count). The van der Waals surface area contributed by atoms with Gasteiger partial charge in [0.2, 0.25) is 0 Å². The van der Waals surface area contributed by atoms with Gasteiger partial charge >= 0.3 is 8.74 Å². The number of hydrogen-bond acceptors (Lipinski definition) is 0. The van der Waals surface area contributed by atoms with E-state index in [1.807, 2.05) is 0 Å². The minimum absolute atomic E-state index is 0.158. The summed E-state index contributed by atoms with van der Waals surface area (Å²) in [5.41, 5.74) is 18.4. The van der Waals surface area contributed by atoms with Crippen molar-refractivity contribution in [1.29, 1.82) is 0 Å². The summed E-state index contributed by atoms with van der Waals surface area (Å²) >= 11 is 0. The molecule has 3 aromatic rings. The maximum atomic E-state index is 13.6. The molecule has 3 aromatic carbocycles. The Balaban J connectivity index is 0.000000503. The molecule has 730 valence electrons. The zero-order valence-corrected chi connectivity index (χ0v) is 99.9. The fraction of sp³-hybridized carbons (Fsp3) is 0.846. The molecule has 1 saturated heterocycles. The molecule has 4 aliphatic carbocycles. The van der Waals surface area contributed by atoms with E-state index in [1.54, 1.807) is 121 Å². The second-order valence-electron chi connectivity index (χ2n) is 59.8. The topological polar surface area (TPSA) is 0 Å². The maximum Gasteiger partial charge on any atom is 0.435 e. The van der Waals surface area contributed by atoms with Crippen LogP contribution >= 0.6 is 0 Å². The molecule has 0 N–H and O–H groups in total. The van der Waals surface area contributed by atoms with Crippen molar-refractivity contribution >= 4 is 69.5 Å². The van der Waals surface area contributed by atoms with E-state index in [1.165, 1.54) is 117 Å². The molecule has 0 nitrogen and oxygen atoms in total. The molecule has 126 heavy (non-hydrogen) atoms. The summed E-state index contributed by atoms with van der Waals surface area (Å²) in [6.07, 6.45) is 32.0. The minimum atomic E-state index is -4.11. The first-order valence-electron chi connectivity index (χ1n) is 52.7. The first-order valence-corrected chi connectivity index (χ1v) is 61.2. The van der Waals surface area contributed by atoms with E-state index in [4.69, 9.17) is 0 Å². The molecule has 5 aliphatic rings. The SMILES string of the molecule is CC(C)(C)B(c1c(C(C)(C)C)cccc1C(C)(C)C)C(C)(C)C.CC(C)(C)[Si](C1CCCC1)(C1CCCC1)C(C)(C)C.CC(C)(C)[Si](C1CCCCC1)(C1CCCCC1)C(C)(C)C.CC(C)(C)[Si](F)(F)C(C)(C)C.CC(C)(C)[Si]1(C(C)(C)C)CCCCC1.CC(C)c1cccc(C(C)C)c1B(C(C)(C)C)C(C)(C)C.Cc1cccc(C)c1B(C(C)(C)C)C(C)(C)C. The van der Waals surface area contributed by atoms with Gasteiger partial charge in [0.05, 0.1) is 24.2 Å². The third-order valence-electron chi connectivity index (χ3n) is 32.7. The Hall–Kier alpha value is -1.42. The largest absolute Gasteiger partial charge is 0.435 e. The number of halogens is 2. The Morgan fingerprint density at radius 2 is 0.476 bits per heavy atom. The van der Waals surface area contributed by atoms with Crippen LogP contribution in [0, 0.1) is 13.8 Å². The third kappa shape index (κ3) is 30.3. The zero-order valence-electron chi connectivity index (χ0n) is 95.9. The fourth-order valence-corrected chi connectivity index (χ4v) is 60.9. The van der Waals surface area contributed by atoms with Gasteiger partial charge in [-0.2, -0.15) is 0 Å². The van der Waals surface area contributed by atoms with Gasteiger partial charge in [0.1, 0.15) is 0 Å². The molecule has 0 radical (unpaired) electrons. The Kier molecular flexibility index (Phi) is 42.5. The highest BCUT2D eigenvalue weighted by Gasteiger charge is 2.64. The monoisotopic (exact) mass is 1810 g/mol. The molecule has 0 aromatic heterocycles. The van der Waals surface area contributed by atoms with Crippen LogP contribution in [-0.2, 0) is 10.8 Å². The van der Waals surface area contributed by atoms with Crippen molar-refractivity contribution in [1.82, 2.24) is 0 Å². The van der Waals surface area contributed by atoms with E-state index in [-0.39, 0.29) is 42.7 Å². The molecule has 9 heteroatoms. The van der Waals surface area contributed by atoms with Gasteiger partial charge < -0.3 is 0 Å².